The summed E-state index contributed by atoms with van der Waals surface area (Å²) in [7, 11) is 0. The lowest BCUT2D eigenvalue weighted by molar-refractivity contribution is -0.781. The molecule has 84 valence electrons. The van der Waals surface area contributed by atoms with Crippen LogP contribution in [0.15, 0.2) is 0 Å². The predicted molar refractivity (Wildman–Crippen MR) is 49.2 cm³/mol. The van der Waals surface area contributed by atoms with Crippen molar-refractivity contribution in [2.24, 2.45) is 0 Å². The summed E-state index contributed by atoms with van der Waals surface area (Å²) in [5, 5.41) is 9.19. The standard InChI is InChI=1S/C8H17NO5/c1-3-5-6-13-8(7-12-4-2)14-9(10)11/h8H,3-7H2,1-2H3. The van der Waals surface area contributed by atoms with Crippen molar-refractivity contribution in [1.82, 2.24) is 0 Å². The summed E-state index contributed by atoms with van der Waals surface area (Å²) in [5.41, 5.74) is 0. The van der Waals surface area contributed by atoms with Crippen LogP contribution in [0, 0.1) is 10.1 Å². The van der Waals surface area contributed by atoms with Crippen molar-refractivity contribution in [1.29, 1.82) is 0 Å². The van der Waals surface area contributed by atoms with Gasteiger partial charge in [0.15, 0.2) is 0 Å². The summed E-state index contributed by atoms with van der Waals surface area (Å²) in [5.74, 6) is 0. The van der Waals surface area contributed by atoms with Crippen LogP contribution >= 0.6 is 0 Å². The number of hydrogen-bond acceptors (Lipinski definition) is 5. The second kappa shape index (κ2) is 8.71. The van der Waals surface area contributed by atoms with Gasteiger partial charge in [0.05, 0.1) is 6.61 Å². The highest BCUT2D eigenvalue weighted by Crippen LogP contribution is 1.99. The van der Waals surface area contributed by atoms with E-state index >= 15 is 0 Å². The Morgan fingerprint density at radius 2 is 2.14 bits per heavy atom. The van der Waals surface area contributed by atoms with Crippen LogP contribution < -0.4 is 0 Å². The fraction of sp³-hybridized carbons (Fsp3) is 1.00. The molecule has 0 bridgehead atoms. The zero-order valence-electron chi connectivity index (χ0n) is 8.60. The van der Waals surface area contributed by atoms with Gasteiger partial charge < -0.3 is 9.47 Å². The lowest BCUT2D eigenvalue weighted by Crippen LogP contribution is -2.26. The van der Waals surface area contributed by atoms with E-state index in [-0.39, 0.29) is 6.61 Å². The van der Waals surface area contributed by atoms with Gasteiger partial charge in [-0.05, 0) is 13.3 Å². The van der Waals surface area contributed by atoms with E-state index < -0.39 is 11.4 Å². The quantitative estimate of drug-likeness (QED) is 0.247. The maximum atomic E-state index is 10.1. The third-order valence-corrected chi connectivity index (χ3v) is 1.46. The number of hydrogen-bond donors (Lipinski definition) is 0. The Kier molecular flexibility index (Phi) is 8.16. The lowest BCUT2D eigenvalue weighted by Gasteiger charge is -2.14. The second-order valence-electron chi connectivity index (χ2n) is 2.64. The van der Waals surface area contributed by atoms with Crippen molar-refractivity contribution < 1.29 is 19.4 Å². The molecule has 0 rings (SSSR count). The maximum Gasteiger partial charge on any atom is 0.297 e. The number of nitrogens with zero attached hydrogens (tertiary/aromatic N) is 1. The molecule has 0 heterocycles. The summed E-state index contributed by atoms with van der Waals surface area (Å²) >= 11 is 0. The van der Waals surface area contributed by atoms with E-state index in [0.717, 1.165) is 12.8 Å². The Bertz CT molecular complexity index is 153. The Labute approximate surface area is 83.2 Å². The fourth-order valence-electron chi connectivity index (χ4n) is 0.778. The fourth-order valence-corrected chi connectivity index (χ4v) is 0.778. The first kappa shape index (κ1) is 13.1. The molecule has 0 aromatic heterocycles. The average Bonchev–Trinajstić information content (AvgIpc) is 2.13. The second-order valence-corrected chi connectivity index (χ2v) is 2.64. The third-order valence-electron chi connectivity index (χ3n) is 1.46. The van der Waals surface area contributed by atoms with Crippen LogP contribution in [0.5, 0.6) is 0 Å². The predicted octanol–water partition coefficient (Wildman–Crippen LogP) is 1.37. The van der Waals surface area contributed by atoms with Gasteiger partial charge in [-0.15, -0.1) is 10.1 Å². The van der Waals surface area contributed by atoms with Crippen LogP contribution in [-0.4, -0.2) is 31.2 Å². The molecule has 0 aliphatic carbocycles. The van der Waals surface area contributed by atoms with Crippen LogP contribution in [0.25, 0.3) is 0 Å². The third kappa shape index (κ3) is 7.75. The smallest absolute Gasteiger partial charge is 0.297 e. The molecule has 0 saturated carbocycles. The highest BCUT2D eigenvalue weighted by Gasteiger charge is 2.13. The van der Waals surface area contributed by atoms with E-state index in [1.165, 1.54) is 0 Å². The molecule has 0 aromatic carbocycles. The van der Waals surface area contributed by atoms with Gasteiger partial charge in [-0.2, -0.15) is 0 Å². The molecule has 0 fully saturated rings. The van der Waals surface area contributed by atoms with Crippen LogP contribution in [0.4, 0.5) is 0 Å². The number of unbranched alkanes of at least 4 members (excludes halogenated alkanes) is 1. The van der Waals surface area contributed by atoms with Gasteiger partial charge in [0.2, 0.25) is 6.29 Å². The van der Waals surface area contributed by atoms with Gasteiger partial charge in [-0.3, -0.25) is 4.84 Å². The highest BCUT2D eigenvalue weighted by molar-refractivity contribution is 4.40. The lowest BCUT2D eigenvalue weighted by atomic mass is 10.4. The average molecular weight is 207 g/mol. The van der Waals surface area contributed by atoms with E-state index in [2.05, 4.69) is 4.84 Å². The molecular weight excluding hydrogens is 190 g/mol. The molecule has 0 spiro atoms. The zero-order valence-corrected chi connectivity index (χ0v) is 8.60. The van der Waals surface area contributed by atoms with Crippen molar-refractivity contribution >= 4 is 0 Å². The van der Waals surface area contributed by atoms with E-state index in [4.69, 9.17) is 9.47 Å². The molecule has 0 N–H and O–H groups in total. The van der Waals surface area contributed by atoms with E-state index in [1.54, 1.807) is 6.92 Å². The van der Waals surface area contributed by atoms with Crippen molar-refractivity contribution in [3.8, 4) is 0 Å². The molecule has 0 radical (unpaired) electrons. The molecule has 0 aliphatic heterocycles. The maximum absolute atomic E-state index is 10.1. The molecular formula is C8H17NO5. The summed E-state index contributed by atoms with van der Waals surface area (Å²) in [6.45, 7) is 4.82. The number of rotatable bonds is 9. The summed E-state index contributed by atoms with van der Waals surface area (Å²) in [6.07, 6.45) is 0.917. The minimum absolute atomic E-state index is 0.0845. The first-order valence-corrected chi connectivity index (χ1v) is 4.71. The summed E-state index contributed by atoms with van der Waals surface area (Å²) in [4.78, 5) is 14.3. The molecule has 0 aliphatic rings. The van der Waals surface area contributed by atoms with E-state index in [9.17, 15) is 10.1 Å². The van der Waals surface area contributed by atoms with Crippen LogP contribution in [-0.2, 0) is 14.3 Å². The minimum Gasteiger partial charge on any atom is -0.377 e. The van der Waals surface area contributed by atoms with E-state index in [0.29, 0.717) is 13.2 Å². The first-order chi connectivity index (χ1) is 6.70. The Morgan fingerprint density at radius 3 is 2.64 bits per heavy atom. The zero-order chi connectivity index (χ0) is 10.8. The normalized spacial score (nSPS) is 12.4. The molecule has 6 heteroatoms. The molecule has 14 heavy (non-hydrogen) atoms. The van der Waals surface area contributed by atoms with Crippen LogP contribution in [0.2, 0.25) is 0 Å². The van der Waals surface area contributed by atoms with Crippen LogP contribution in [0.3, 0.4) is 0 Å². The monoisotopic (exact) mass is 207 g/mol. The first-order valence-electron chi connectivity index (χ1n) is 4.71. The SMILES string of the molecule is CCCCOC(COCC)O[N+](=O)[O-]. The molecule has 0 saturated heterocycles. The Hall–Kier alpha value is -0.880. The molecule has 6 nitrogen and oxygen atoms in total. The molecule has 0 aromatic rings. The summed E-state index contributed by atoms with van der Waals surface area (Å²) < 4.78 is 10.1. The van der Waals surface area contributed by atoms with Gasteiger partial charge in [0.25, 0.3) is 5.09 Å². The van der Waals surface area contributed by atoms with Gasteiger partial charge in [-0.1, -0.05) is 13.3 Å². The van der Waals surface area contributed by atoms with Gasteiger partial charge in [0.1, 0.15) is 0 Å². The van der Waals surface area contributed by atoms with Gasteiger partial charge >= 0.3 is 0 Å². The van der Waals surface area contributed by atoms with Crippen molar-refractivity contribution in [3.63, 3.8) is 0 Å². The largest absolute Gasteiger partial charge is 0.377 e. The van der Waals surface area contributed by atoms with Crippen molar-refractivity contribution in [2.45, 2.75) is 33.0 Å². The molecule has 1 unspecified atom stereocenters. The van der Waals surface area contributed by atoms with Crippen molar-refractivity contribution in [3.05, 3.63) is 10.1 Å². The van der Waals surface area contributed by atoms with Crippen molar-refractivity contribution in [2.75, 3.05) is 19.8 Å². The number of ether oxygens (including phenoxy) is 2. The van der Waals surface area contributed by atoms with Gasteiger partial charge in [0, 0.05) is 13.2 Å². The topological polar surface area (TPSA) is 70.8 Å². The Morgan fingerprint density at radius 1 is 1.43 bits per heavy atom. The molecule has 1 atom stereocenters. The van der Waals surface area contributed by atoms with Crippen LogP contribution in [0.1, 0.15) is 26.7 Å². The molecule has 0 amide bonds. The van der Waals surface area contributed by atoms with Gasteiger partial charge in [-0.25, -0.2) is 0 Å². The highest BCUT2D eigenvalue weighted by atomic mass is 17.0. The van der Waals surface area contributed by atoms with E-state index in [1.807, 2.05) is 6.92 Å². The summed E-state index contributed by atoms with van der Waals surface area (Å²) in [6, 6.07) is 0. The minimum atomic E-state index is -0.906. The Balaban J connectivity index is 3.66.